The van der Waals surface area contributed by atoms with Crippen LogP contribution in [0.2, 0.25) is 0 Å². The molecule has 114 valence electrons. The van der Waals surface area contributed by atoms with Crippen LogP contribution in [0.15, 0.2) is 23.1 Å². The predicted octanol–water partition coefficient (Wildman–Crippen LogP) is 2.21. The Hall–Kier alpha value is -0.980. The molecular formula is C14H22FNO3S. The van der Waals surface area contributed by atoms with Crippen LogP contribution in [0.5, 0.6) is 0 Å². The largest absolute Gasteiger partial charge is 0.389 e. The normalized spacial score (nSPS) is 15.3. The van der Waals surface area contributed by atoms with Gasteiger partial charge in [-0.15, -0.1) is 0 Å². The number of hydrogen-bond acceptors (Lipinski definition) is 3. The number of nitrogens with one attached hydrogen (secondary N) is 1. The molecule has 4 nitrogen and oxygen atoms in total. The third-order valence-electron chi connectivity index (χ3n) is 2.93. The number of hydrogen-bond donors (Lipinski definition) is 2. The molecule has 1 unspecified atom stereocenters. The van der Waals surface area contributed by atoms with Crippen LogP contribution in [0.1, 0.15) is 32.8 Å². The number of sulfonamides is 1. The van der Waals surface area contributed by atoms with Gasteiger partial charge < -0.3 is 5.11 Å². The Morgan fingerprint density at radius 2 is 2.00 bits per heavy atom. The van der Waals surface area contributed by atoms with E-state index in [0.29, 0.717) is 12.0 Å². The van der Waals surface area contributed by atoms with Gasteiger partial charge in [0.2, 0.25) is 10.0 Å². The molecule has 0 aliphatic heterocycles. The van der Waals surface area contributed by atoms with E-state index in [1.165, 1.54) is 12.1 Å². The van der Waals surface area contributed by atoms with E-state index in [0.717, 1.165) is 6.07 Å². The maximum Gasteiger partial charge on any atom is 0.241 e. The van der Waals surface area contributed by atoms with E-state index in [-0.39, 0.29) is 17.4 Å². The fourth-order valence-corrected chi connectivity index (χ4v) is 3.56. The van der Waals surface area contributed by atoms with Gasteiger partial charge in [0.25, 0.3) is 0 Å². The molecule has 0 aliphatic rings. The molecule has 1 rings (SSSR count). The fourth-order valence-electron chi connectivity index (χ4n) is 2.14. The lowest BCUT2D eigenvalue weighted by molar-refractivity contribution is 0.0436. The van der Waals surface area contributed by atoms with E-state index < -0.39 is 21.4 Å². The van der Waals surface area contributed by atoms with Crippen LogP contribution in [0.3, 0.4) is 0 Å². The van der Waals surface area contributed by atoms with Crippen molar-refractivity contribution >= 4 is 10.0 Å². The van der Waals surface area contributed by atoms with E-state index >= 15 is 0 Å². The van der Waals surface area contributed by atoms with Gasteiger partial charge in [-0.1, -0.05) is 19.9 Å². The lowest BCUT2D eigenvalue weighted by atomic mass is 9.95. The molecule has 1 atom stereocenters. The predicted molar refractivity (Wildman–Crippen MR) is 76.4 cm³/mol. The van der Waals surface area contributed by atoms with Crippen LogP contribution in [0, 0.1) is 18.7 Å². The lowest BCUT2D eigenvalue weighted by Gasteiger charge is -2.25. The molecule has 0 bridgehead atoms. The summed E-state index contributed by atoms with van der Waals surface area (Å²) in [5, 5.41) is 10.1. The molecule has 0 radical (unpaired) electrons. The van der Waals surface area contributed by atoms with E-state index in [9.17, 15) is 17.9 Å². The zero-order valence-corrected chi connectivity index (χ0v) is 13.1. The maximum absolute atomic E-state index is 13.2. The molecule has 1 aromatic rings. The molecule has 0 saturated heterocycles. The number of aryl methyl sites for hydroxylation is 1. The summed E-state index contributed by atoms with van der Waals surface area (Å²) in [4.78, 5) is -0.0992. The minimum atomic E-state index is -3.83. The quantitative estimate of drug-likeness (QED) is 0.847. The molecule has 1 aromatic carbocycles. The number of aliphatic hydroxyl groups is 1. The van der Waals surface area contributed by atoms with Crippen molar-refractivity contribution in [2.75, 3.05) is 6.54 Å². The van der Waals surface area contributed by atoms with Gasteiger partial charge in [0.15, 0.2) is 0 Å². The van der Waals surface area contributed by atoms with Crippen molar-refractivity contribution in [3.63, 3.8) is 0 Å². The molecule has 0 aliphatic carbocycles. The van der Waals surface area contributed by atoms with E-state index in [1.54, 1.807) is 13.8 Å². The van der Waals surface area contributed by atoms with Crippen molar-refractivity contribution < 1.29 is 17.9 Å². The number of benzene rings is 1. The van der Waals surface area contributed by atoms with E-state index in [2.05, 4.69) is 4.72 Å². The van der Waals surface area contributed by atoms with Crippen LogP contribution in [-0.4, -0.2) is 25.7 Å². The molecule has 2 N–H and O–H groups in total. The number of rotatable bonds is 6. The summed E-state index contributed by atoms with van der Waals surface area (Å²) in [6.07, 6.45) is 0.470. The highest BCUT2D eigenvalue weighted by atomic mass is 32.2. The van der Waals surface area contributed by atoms with Crippen LogP contribution >= 0.6 is 0 Å². The second-order valence-electron chi connectivity index (χ2n) is 5.83. The molecular weight excluding hydrogens is 281 g/mol. The Bertz CT molecular complexity index is 568. The maximum atomic E-state index is 13.2. The zero-order chi connectivity index (χ0) is 15.6. The van der Waals surface area contributed by atoms with E-state index in [1.807, 2.05) is 13.8 Å². The standard InChI is InChI=1S/C14H22FNO3S/c1-10(2)8-14(4,17)9-16-20(18,19)13-7-12(15)6-5-11(13)3/h5-7,10,16-17H,8-9H2,1-4H3. The Balaban J connectivity index is 2.88. The summed E-state index contributed by atoms with van der Waals surface area (Å²) >= 11 is 0. The molecule has 0 heterocycles. The first-order valence-corrected chi connectivity index (χ1v) is 8.00. The highest BCUT2D eigenvalue weighted by Crippen LogP contribution is 2.19. The van der Waals surface area contributed by atoms with Crippen LogP contribution in [0.4, 0.5) is 4.39 Å². The summed E-state index contributed by atoms with van der Waals surface area (Å²) in [5.41, 5.74) is -0.676. The van der Waals surface area contributed by atoms with Crippen molar-refractivity contribution in [3.8, 4) is 0 Å². The molecule has 0 amide bonds. The van der Waals surface area contributed by atoms with Crippen molar-refractivity contribution in [1.29, 1.82) is 0 Å². The molecule has 0 aromatic heterocycles. The summed E-state index contributed by atoms with van der Waals surface area (Å²) in [7, 11) is -3.83. The Morgan fingerprint density at radius 3 is 2.55 bits per heavy atom. The minimum absolute atomic E-state index is 0.0992. The van der Waals surface area contributed by atoms with Gasteiger partial charge in [0.05, 0.1) is 10.5 Å². The second-order valence-corrected chi connectivity index (χ2v) is 7.56. The molecule has 0 spiro atoms. The van der Waals surface area contributed by atoms with Gasteiger partial charge in [0, 0.05) is 6.54 Å². The second kappa shape index (κ2) is 6.20. The smallest absolute Gasteiger partial charge is 0.241 e. The van der Waals surface area contributed by atoms with Crippen molar-refractivity contribution in [1.82, 2.24) is 4.72 Å². The average Bonchev–Trinajstić information content (AvgIpc) is 2.28. The van der Waals surface area contributed by atoms with Crippen molar-refractivity contribution in [2.45, 2.75) is 44.6 Å². The number of halogens is 1. The highest BCUT2D eigenvalue weighted by molar-refractivity contribution is 7.89. The minimum Gasteiger partial charge on any atom is -0.389 e. The van der Waals surface area contributed by atoms with Crippen molar-refractivity contribution in [3.05, 3.63) is 29.6 Å². The van der Waals surface area contributed by atoms with Gasteiger partial charge in [-0.05, 0) is 43.9 Å². The SMILES string of the molecule is Cc1ccc(F)cc1S(=O)(=O)NCC(C)(O)CC(C)C. The van der Waals surface area contributed by atoms with Crippen LogP contribution in [0.25, 0.3) is 0 Å². The summed E-state index contributed by atoms with van der Waals surface area (Å²) < 4.78 is 39.8. The highest BCUT2D eigenvalue weighted by Gasteiger charge is 2.26. The molecule has 0 fully saturated rings. The molecule has 20 heavy (non-hydrogen) atoms. The molecule has 0 saturated carbocycles. The molecule has 6 heteroatoms. The van der Waals surface area contributed by atoms with Crippen LogP contribution < -0.4 is 4.72 Å². The third-order valence-corrected chi connectivity index (χ3v) is 4.47. The van der Waals surface area contributed by atoms with Gasteiger partial charge >= 0.3 is 0 Å². The fraction of sp³-hybridized carbons (Fsp3) is 0.571. The first-order chi connectivity index (χ1) is 9.03. The monoisotopic (exact) mass is 303 g/mol. The summed E-state index contributed by atoms with van der Waals surface area (Å²) in [6, 6.07) is 3.61. The van der Waals surface area contributed by atoms with Gasteiger partial charge in [-0.25, -0.2) is 17.5 Å². The van der Waals surface area contributed by atoms with Gasteiger partial charge in [0.1, 0.15) is 5.82 Å². The Labute approximate surface area is 120 Å². The van der Waals surface area contributed by atoms with Crippen molar-refractivity contribution in [2.24, 2.45) is 5.92 Å². The first-order valence-electron chi connectivity index (χ1n) is 6.52. The Kier molecular flexibility index (Phi) is 5.29. The first kappa shape index (κ1) is 17.1. The van der Waals surface area contributed by atoms with Crippen LogP contribution in [-0.2, 0) is 10.0 Å². The van der Waals surface area contributed by atoms with Gasteiger partial charge in [-0.3, -0.25) is 0 Å². The summed E-state index contributed by atoms with van der Waals surface area (Å²) in [6.45, 7) is 6.96. The Morgan fingerprint density at radius 1 is 1.40 bits per heavy atom. The topological polar surface area (TPSA) is 66.4 Å². The van der Waals surface area contributed by atoms with Gasteiger partial charge in [-0.2, -0.15) is 0 Å². The zero-order valence-electron chi connectivity index (χ0n) is 12.3. The third kappa shape index (κ3) is 4.85. The van der Waals surface area contributed by atoms with E-state index in [4.69, 9.17) is 0 Å². The summed E-state index contributed by atoms with van der Waals surface area (Å²) in [5.74, 6) is -0.365. The lowest BCUT2D eigenvalue weighted by Crippen LogP contribution is -2.41. The average molecular weight is 303 g/mol.